The number of halogens is 1. The second-order valence-corrected chi connectivity index (χ2v) is 4.89. The van der Waals surface area contributed by atoms with Crippen molar-refractivity contribution in [2.75, 3.05) is 5.75 Å². The standard InChI is InChI=1S/C10H12N3S2.HI/c1-3-14-10-9(11-15-12-10)8-5-4-6-13(2)7-8;/h4-7H,3H2,1-2H3;1H/q+1;/p-1. The topological polar surface area (TPSA) is 29.7 Å². The molecule has 0 aliphatic heterocycles. The van der Waals surface area contributed by atoms with Gasteiger partial charge in [0, 0.05) is 6.07 Å². The summed E-state index contributed by atoms with van der Waals surface area (Å²) in [6.45, 7) is 2.12. The lowest BCUT2D eigenvalue weighted by molar-refractivity contribution is -0.671. The second kappa shape index (κ2) is 6.51. The molecule has 0 radical (unpaired) electrons. The predicted molar refractivity (Wildman–Crippen MR) is 62.9 cm³/mol. The van der Waals surface area contributed by atoms with Gasteiger partial charge in [-0.15, -0.1) is 11.8 Å². The summed E-state index contributed by atoms with van der Waals surface area (Å²) in [6.07, 6.45) is 4.08. The van der Waals surface area contributed by atoms with E-state index in [1.54, 1.807) is 11.8 Å². The van der Waals surface area contributed by atoms with E-state index in [9.17, 15) is 0 Å². The highest BCUT2D eigenvalue weighted by atomic mass is 127. The van der Waals surface area contributed by atoms with Crippen molar-refractivity contribution in [2.45, 2.75) is 11.9 Å². The van der Waals surface area contributed by atoms with Gasteiger partial charge in [0.2, 0.25) is 0 Å². The summed E-state index contributed by atoms with van der Waals surface area (Å²) in [6, 6.07) is 4.09. The van der Waals surface area contributed by atoms with Gasteiger partial charge in [-0.1, -0.05) is 6.92 Å². The molecule has 2 rings (SSSR count). The van der Waals surface area contributed by atoms with E-state index in [4.69, 9.17) is 0 Å². The van der Waals surface area contributed by atoms with Crippen LogP contribution in [0.1, 0.15) is 6.92 Å². The number of nitrogens with zero attached hydrogens (tertiary/aromatic N) is 3. The summed E-state index contributed by atoms with van der Waals surface area (Å²) in [5.74, 6) is 1.03. The minimum Gasteiger partial charge on any atom is -1.00 e. The largest absolute Gasteiger partial charge is 1.00 e. The number of hydrogen-bond donors (Lipinski definition) is 0. The van der Waals surface area contributed by atoms with Crippen LogP contribution in [0.4, 0.5) is 0 Å². The van der Waals surface area contributed by atoms with E-state index in [-0.39, 0.29) is 24.0 Å². The molecule has 3 nitrogen and oxygen atoms in total. The average Bonchev–Trinajstić information content (AvgIpc) is 2.66. The van der Waals surface area contributed by atoms with Gasteiger partial charge in [0.25, 0.3) is 0 Å². The van der Waals surface area contributed by atoms with Gasteiger partial charge in [-0.3, -0.25) is 0 Å². The van der Waals surface area contributed by atoms with E-state index in [1.165, 1.54) is 11.7 Å². The SMILES string of the molecule is CCSc1nsnc1-c1ccc[n+](C)c1.[I-]. The van der Waals surface area contributed by atoms with Gasteiger partial charge < -0.3 is 24.0 Å². The van der Waals surface area contributed by atoms with Gasteiger partial charge >= 0.3 is 0 Å². The molecule has 0 spiro atoms. The lowest BCUT2D eigenvalue weighted by Gasteiger charge is -1.97. The van der Waals surface area contributed by atoms with E-state index >= 15 is 0 Å². The molecular weight excluding hydrogens is 353 g/mol. The third kappa shape index (κ3) is 3.14. The van der Waals surface area contributed by atoms with E-state index in [0.29, 0.717) is 0 Å². The Bertz CT molecular complexity index is 459. The van der Waals surface area contributed by atoms with Gasteiger partial charge in [0.05, 0.1) is 17.3 Å². The van der Waals surface area contributed by atoms with Crippen molar-refractivity contribution < 1.29 is 28.5 Å². The molecule has 0 aromatic carbocycles. The van der Waals surface area contributed by atoms with Crippen LogP contribution < -0.4 is 28.5 Å². The fourth-order valence-electron chi connectivity index (χ4n) is 1.32. The summed E-state index contributed by atoms with van der Waals surface area (Å²) in [4.78, 5) is 0. The predicted octanol–water partition coefficient (Wildman–Crippen LogP) is -0.854. The normalized spacial score (nSPS) is 9.88. The van der Waals surface area contributed by atoms with Crippen LogP contribution in [0, 0.1) is 0 Å². The molecule has 0 atom stereocenters. The third-order valence-corrected chi connectivity index (χ3v) is 3.44. The Morgan fingerprint density at radius 1 is 1.44 bits per heavy atom. The summed E-state index contributed by atoms with van der Waals surface area (Å²) in [7, 11) is 2.01. The molecule has 0 saturated carbocycles. The van der Waals surface area contributed by atoms with Crippen LogP contribution in [0.5, 0.6) is 0 Å². The minimum atomic E-state index is 0. The highest BCUT2D eigenvalue weighted by Gasteiger charge is 2.12. The van der Waals surface area contributed by atoms with Gasteiger partial charge in [0.1, 0.15) is 17.8 Å². The molecule has 0 unspecified atom stereocenters. The smallest absolute Gasteiger partial charge is 0.178 e. The molecule has 0 amide bonds. The number of pyridine rings is 1. The molecule has 16 heavy (non-hydrogen) atoms. The van der Waals surface area contributed by atoms with Crippen molar-refractivity contribution in [1.29, 1.82) is 0 Å². The van der Waals surface area contributed by atoms with Crippen molar-refractivity contribution in [3.63, 3.8) is 0 Å². The fraction of sp³-hybridized carbons (Fsp3) is 0.300. The molecular formula is C10H12IN3S2. The molecule has 0 fully saturated rings. The Hall–Kier alpha value is -0.210. The van der Waals surface area contributed by atoms with E-state index in [2.05, 4.69) is 27.9 Å². The number of thioether (sulfide) groups is 1. The van der Waals surface area contributed by atoms with Gasteiger partial charge in [-0.2, -0.15) is 8.75 Å². The first-order chi connectivity index (χ1) is 7.31. The maximum atomic E-state index is 4.34. The van der Waals surface area contributed by atoms with E-state index in [1.807, 2.05) is 23.9 Å². The Morgan fingerprint density at radius 2 is 2.25 bits per heavy atom. The first-order valence-electron chi connectivity index (χ1n) is 4.72. The van der Waals surface area contributed by atoms with E-state index in [0.717, 1.165) is 22.0 Å². The maximum absolute atomic E-state index is 4.34. The maximum Gasteiger partial charge on any atom is 0.178 e. The first kappa shape index (κ1) is 13.9. The first-order valence-corrected chi connectivity index (χ1v) is 6.44. The van der Waals surface area contributed by atoms with Crippen LogP contribution in [0.3, 0.4) is 0 Å². The molecule has 0 aliphatic carbocycles. The highest BCUT2D eigenvalue weighted by Crippen LogP contribution is 2.28. The fourth-order valence-corrected chi connectivity index (χ4v) is 2.73. The lowest BCUT2D eigenvalue weighted by atomic mass is 10.2. The average molecular weight is 365 g/mol. The quantitative estimate of drug-likeness (QED) is 0.403. The molecule has 6 heteroatoms. The van der Waals surface area contributed by atoms with Crippen molar-refractivity contribution in [1.82, 2.24) is 8.75 Å². The summed E-state index contributed by atoms with van der Waals surface area (Å²) < 4.78 is 10.7. The molecule has 0 N–H and O–H groups in total. The number of aryl methyl sites for hydroxylation is 1. The zero-order valence-corrected chi connectivity index (χ0v) is 12.8. The van der Waals surface area contributed by atoms with Crippen molar-refractivity contribution in [3.05, 3.63) is 24.5 Å². The second-order valence-electron chi connectivity index (χ2n) is 3.11. The molecule has 2 aromatic rings. The number of rotatable bonds is 3. The van der Waals surface area contributed by atoms with Crippen LogP contribution in [-0.4, -0.2) is 14.5 Å². The van der Waals surface area contributed by atoms with Gasteiger partial charge in [-0.25, -0.2) is 4.57 Å². The summed E-state index contributed by atoms with van der Waals surface area (Å²) in [5.41, 5.74) is 2.13. The Balaban J connectivity index is 0.00000128. The zero-order valence-electron chi connectivity index (χ0n) is 9.05. The van der Waals surface area contributed by atoms with Crippen LogP contribution in [0.15, 0.2) is 29.6 Å². The van der Waals surface area contributed by atoms with Gasteiger partial charge in [-0.05, 0) is 11.8 Å². The number of hydrogen-bond acceptors (Lipinski definition) is 4. The zero-order chi connectivity index (χ0) is 10.7. The summed E-state index contributed by atoms with van der Waals surface area (Å²) >= 11 is 3.01. The molecule has 0 aliphatic rings. The highest BCUT2D eigenvalue weighted by molar-refractivity contribution is 7.99. The van der Waals surface area contributed by atoms with Crippen LogP contribution in [0.25, 0.3) is 11.3 Å². The molecule has 2 heterocycles. The van der Waals surface area contributed by atoms with Crippen molar-refractivity contribution in [2.24, 2.45) is 7.05 Å². The van der Waals surface area contributed by atoms with E-state index < -0.39 is 0 Å². The van der Waals surface area contributed by atoms with Crippen LogP contribution in [-0.2, 0) is 7.05 Å². The Kier molecular flexibility index (Phi) is 5.63. The third-order valence-electron chi connectivity index (χ3n) is 1.95. The minimum absolute atomic E-state index is 0. The number of aromatic nitrogens is 3. The van der Waals surface area contributed by atoms with Crippen LogP contribution in [0.2, 0.25) is 0 Å². The van der Waals surface area contributed by atoms with Gasteiger partial charge in [0.15, 0.2) is 12.4 Å². The van der Waals surface area contributed by atoms with Crippen molar-refractivity contribution >= 4 is 23.5 Å². The summed E-state index contributed by atoms with van der Waals surface area (Å²) in [5, 5.41) is 1.04. The van der Waals surface area contributed by atoms with Crippen LogP contribution >= 0.6 is 23.5 Å². The van der Waals surface area contributed by atoms with Crippen molar-refractivity contribution in [3.8, 4) is 11.3 Å². The molecule has 86 valence electrons. The Morgan fingerprint density at radius 3 is 2.94 bits per heavy atom. The molecule has 0 saturated heterocycles. The Labute approximate surface area is 121 Å². The molecule has 2 aromatic heterocycles. The lowest BCUT2D eigenvalue weighted by Crippen LogP contribution is -3.00. The molecule has 0 bridgehead atoms. The monoisotopic (exact) mass is 365 g/mol.